The third kappa shape index (κ3) is 1.92. The summed E-state index contributed by atoms with van der Waals surface area (Å²) in [5.74, 6) is -2.04. The molecule has 1 saturated heterocycles. The first-order valence-electron chi connectivity index (χ1n) is 4.38. The van der Waals surface area contributed by atoms with Crippen molar-refractivity contribution in [3.05, 3.63) is 12.8 Å². The zero-order chi connectivity index (χ0) is 10.7. The number of carboxylic acids is 1. The van der Waals surface area contributed by atoms with Crippen molar-refractivity contribution in [2.45, 2.75) is 6.42 Å². The van der Waals surface area contributed by atoms with Gasteiger partial charge in [0, 0.05) is 12.3 Å². The molecule has 0 spiro atoms. The molecule has 1 rings (SSSR count). The Morgan fingerprint density at radius 3 is 2.86 bits per heavy atom. The fraction of sp³-hybridized carbons (Fsp3) is 0.556. The van der Waals surface area contributed by atoms with Gasteiger partial charge >= 0.3 is 5.97 Å². The fourth-order valence-electron chi connectivity index (χ4n) is 1.66. The molecule has 0 saturated carbocycles. The van der Waals surface area contributed by atoms with Gasteiger partial charge in [0.05, 0.1) is 11.8 Å². The van der Waals surface area contributed by atoms with Crippen molar-refractivity contribution in [3.63, 3.8) is 0 Å². The maximum atomic E-state index is 11.6. The summed E-state index contributed by atoms with van der Waals surface area (Å²) in [5.41, 5.74) is 0. The minimum Gasteiger partial charge on any atom is -0.481 e. The van der Waals surface area contributed by atoms with Gasteiger partial charge in [0.15, 0.2) is 0 Å². The molecule has 0 aromatic heterocycles. The van der Waals surface area contributed by atoms with E-state index in [1.165, 1.54) is 11.1 Å². The van der Waals surface area contributed by atoms with Gasteiger partial charge in [-0.25, -0.2) is 0 Å². The van der Waals surface area contributed by atoms with E-state index in [0.717, 1.165) is 0 Å². The monoisotopic (exact) mass is 215 g/mol. The number of carbonyl (C=O) groups is 2. The third-order valence-electron chi connectivity index (χ3n) is 2.50. The van der Waals surface area contributed by atoms with E-state index in [-0.39, 0.29) is 11.7 Å². The average molecular weight is 215 g/mol. The summed E-state index contributed by atoms with van der Waals surface area (Å²) in [6.45, 7) is 4.06. The SMILES string of the molecule is C=CN1CCC(C(CS)C(=O)O)C1=O. The number of rotatable bonds is 4. The highest BCUT2D eigenvalue weighted by Crippen LogP contribution is 2.26. The van der Waals surface area contributed by atoms with Crippen molar-refractivity contribution >= 4 is 24.5 Å². The van der Waals surface area contributed by atoms with Crippen LogP contribution in [0, 0.1) is 11.8 Å². The molecular weight excluding hydrogens is 202 g/mol. The number of carboxylic acid groups (broad SMARTS) is 1. The van der Waals surface area contributed by atoms with Crippen LogP contribution in [0.25, 0.3) is 0 Å². The molecule has 1 aliphatic rings. The van der Waals surface area contributed by atoms with E-state index in [1.807, 2.05) is 0 Å². The molecule has 14 heavy (non-hydrogen) atoms. The molecule has 0 bridgehead atoms. The summed E-state index contributed by atoms with van der Waals surface area (Å²) in [7, 11) is 0. The minimum atomic E-state index is -0.954. The van der Waals surface area contributed by atoms with Gasteiger partial charge in [-0.15, -0.1) is 0 Å². The second-order valence-corrected chi connectivity index (χ2v) is 3.60. The van der Waals surface area contributed by atoms with E-state index < -0.39 is 17.8 Å². The third-order valence-corrected chi connectivity index (χ3v) is 2.89. The Labute approximate surface area is 88.0 Å². The van der Waals surface area contributed by atoms with E-state index in [1.54, 1.807) is 0 Å². The van der Waals surface area contributed by atoms with Crippen LogP contribution in [-0.4, -0.2) is 34.2 Å². The Balaban J connectivity index is 2.74. The van der Waals surface area contributed by atoms with Crippen LogP contribution in [0.5, 0.6) is 0 Å². The lowest BCUT2D eigenvalue weighted by atomic mass is 9.93. The summed E-state index contributed by atoms with van der Waals surface area (Å²) in [6.07, 6.45) is 2.02. The van der Waals surface area contributed by atoms with Crippen LogP contribution in [0.2, 0.25) is 0 Å². The highest BCUT2D eigenvalue weighted by Gasteiger charge is 2.39. The number of aliphatic carboxylic acids is 1. The van der Waals surface area contributed by atoms with E-state index >= 15 is 0 Å². The molecule has 1 N–H and O–H groups in total. The Morgan fingerprint density at radius 2 is 2.50 bits per heavy atom. The van der Waals surface area contributed by atoms with Gasteiger partial charge in [-0.3, -0.25) is 9.59 Å². The standard InChI is InChI=1S/C9H13NO3S/c1-2-10-4-3-6(8(10)11)7(5-14)9(12)13/h2,6-7,14H,1,3-5H2,(H,12,13). The van der Waals surface area contributed by atoms with Crippen molar-refractivity contribution in [2.75, 3.05) is 12.3 Å². The van der Waals surface area contributed by atoms with Crippen molar-refractivity contribution in [3.8, 4) is 0 Å². The summed E-state index contributed by atoms with van der Waals surface area (Å²) in [6, 6.07) is 0. The van der Waals surface area contributed by atoms with Crippen LogP contribution < -0.4 is 0 Å². The number of likely N-dealkylation sites (tertiary alicyclic amines) is 1. The van der Waals surface area contributed by atoms with Gasteiger partial charge in [-0.2, -0.15) is 12.6 Å². The van der Waals surface area contributed by atoms with Crippen molar-refractivity contribution in [2.24, 2.45) is 11.8 Å². The first kappa shape index (κ1) is 11.1. The van der Waals surface area contributed by atoms with Crippen molar-refractivity contribution < 1.29 is 14.7 Å². The number of hydrogen-bond acceptors (Lipinski definition) is 3. The summed E-state index contributed by atoms with van der Waals surface area (Å²) in [4.78, 5) is 23.9. The molecule has 0 aliphatic carbocycles. The number of carbonyl (C=O) groups excluding carboxylic acids is 1. The molecule has 1 heterocycles. The summed E-state index contributed by atoms with van der Waals surface area (Å²) >= 11 is 3.95. The maximum Gasteiger partial charge on any atom is 0.308 e. The van der Waals surface area contributed by atoms with Crippen LogP contribution in [0.3, 0.4) is 0 Å². The zero-order valence-electron chi connectivity index (χ0n) is 7.72. The Kier molecular flexibility index (Phi) is 3.57. The maximum absolute atomic E-state index is 11.6. The molecule has 1 amide bonds. The predicted molar refractivity (Wildman–Crippen MR) is 55.0 cm³/mol. The smallest absolute Gasteiger partial charge is 0.308 e. The van der Waals surface area contributed by atoms with Crippen LogP contribution in [-0.2, 0) is 9.59 Å². The number of thiol groups is 1. The molecule has 0 aromatic carbocycles. The Hall–Kier alpha value is -0.970. The van der Waals surface area contributed by atoms with Gasteiger partial charge < -0.3 is 10.0 Å². The van der Waals surface area contributed by atoms with Gasteiger partial charge in [0.25, 0.3) is 0 Å². The molecule has 2 unspecified atom stereocenters. The lowest BCUT2D eigenvalue weighted by Gasteiger charge is -2.16. The van der Waals surface area contributed by atoms with Gasteiger partial charge in [0.2, 0.25) is 5.91 Å². The van der Waals surface area contributed by atoms with Crippen molar-refractivity contribution in [1.29, 1.82) is 0 Å². The van der Waals surface area contributed by atoms with E-state index in [2.05, 4.69) is 19.2 Å². The first-order valence-corrected chi connectivity index (χ1v) is 5.01. The topological polar surface area (TPSA) is 57.6 Å². The van der Waals surface area contributed by atoms with Gasteiger partial charge in [0.1, 0.15) is 0 Å². The Bertz CT molecular complexity index is 267. The van der Waals surface area contributed by atoms with Crippen LogP contribution in [0.15, 0.2) is 12.8 Å². The highest BCUT2D eigenvalue weighted by atomic mass is 32.1. The van der Waals surface area contributed by atoms with E-state index in [4.69, 9.17) is 5.11 Å². The second-order valence-electron chi connectivity index (χ2n) is 3.24. The molecule has 5 heteroatoms. The van der Waals surface area contributed by atoms with E-state index in [0.29, 0.717) is 13.0 Å². The average Bonchev–Trinajstić information content (AvgIpc) is 2.49. The van der Waals surface area contributed by atoms with Crippen molar-refractivity contribution in [1.82, 2.24) is 4.90 Å². The van der Waals surface area contributed by atoms with Crippen LogP contribution >= 0.6 is 12.6 Å². The number of hydrogen-bond donors (Lipinski definition) is 2. The Morgan fingerprint density at radius 1 is 1.86 bits per heavy atom. The second kappa shape index (κ2) is 4.50. The fourth-order valence-corrected chi connectivity index (χ4v) is 2.07. The summed E-state index contributed by atoms with van der Waals surface area (Å²) in [5, 5.41) is 8.86. The molecule has 0 aromatic rings. The molecule has 1 aliphatic heterocycles. The van der Waals surface area contributed by atoms with E-state index in [9.17, 15) is 9.59 Å². The molecule has 1 fully saturated rings. The molecule has 2 atom stereocenters. The predicted octanol–water partition coefficient (Wildman–Crippen LogP) is 0.609. The summed E-state index contributed by atoms with van der Waals surface area (Å²) < 4.78 is 0. The molecule has 78 valence electrons. The van der Waals surface area contributed by atoms with Crippen LogP contribution in [0.1, 0.15) is 6.42 Å². The lowest BCUT2D eigenvalue weighted by Crippen LogP contribution is -2.31. The van der Waals surface area contributed by atoms with Gasteiger partial charge in [-0.1, -0.05) is 6.58 Å². The van der Waals surface area contributed by atoms with Gasteiger partial charge in [-0.05, 0) is 12.6 Å². The lowest BCUT2D eigenvalue weighted by molar-refractivity contribution is -0.146. The zero-order valence-corrected chi connectivity index (χ0v) is 8.61. The highest BCUT2D eigenvalue weighted by molar-refractivity contribution is 7.80. The number of amides is 1. The largest absolute Gasteiger partial charge is 0.481 e. The minimum absolute atomic E-state index is 0.151. The normalized spacial score (nSPS) is 23.6. The first-order chi connectivity index (χ1) is 6.61. The molecule has 4 nitrogen and oxygen atoms in total. The quantitative estimate of drug-likeness (QED) is 0.675. The molecular formula is C9H13NO3S. The molecule has 0 radical (unpaired) electrons. The number of nitrogens with zero attached hydrogens (tertiary/aromatic N) is 1. The van der Waals surface area contributed by atoms with Crippen LogP contribution in [0.4, 0.5) is 0 Å².